The van der Waals surface area contributed by atoms with Gasteiger partial charge in [-0.15, -0.1) is 0 Å². The molecule has 0 aromatic heterocycles. The zero-order valence-electron chi connectivity index (χ0n) is 17.3. The second kappa shape index (κ2) is 8.99. The topological polar surface area (TPSA) is 98.7 Å². The number of fused-ring (bicyclic) bond motifs is 3. The zero-order chi connectivity index (χ0) is 23.6. The Morgan fingerprint density at radius 2 is 1.66 bits per heavy atom. The van der Waals surface area contributed by atoms with E-state index in [1.165, 1.54) is 11.8 Å². The first kappa shape index (κ1) is 23.3. The summed E-state index contributed by atoms with van der Waals surface area (Å²) >= 11 is 0. The molecular weight excluding hydrogens is 427 g/mol. The molecule has 0 saturated heterocycles. The maximum atomic E-state index is 13.2. The number of nitrogens with one attached hydrogen (secondary N) is 2. The van der Waals surface area contributed by atoms with E-state index in [0.29, 0.717) is 11.3 Å². The number of aliphatic hydroxyl groups is 1. The number of likely N-dealkylation sites (N-methyl/N-ethyl adjacent to an activating group) is 1. The van der Waals surface area contributed by atoms with E-state index in [4.69, 9.17) is 5.11 Å². The smallest absolute Gasteiger partial charge is 0.382 e. The fraction of sp³-hybridized carbons (Fsp3) is 0.318. The summed E-state index contributed by atoms with van der Waals surface area (Å²) in [5.74, 6) is -3.67. The van der Waals surface area contributed by atoms with Crippen LogP contribution in [0, 0.1) is 5.92 Å². The van der Waals surface area contributed by atoms with Crippen LogP contribution in [0.2, 0.25) is 0 Å². The van der Waals surface area contributed by atoms with Gasteiger partial charge in [-0.2, -0.15) is 13.2 Å². The molecule has 2 aromatic carbocycles. The van der Waals surface area contributed by atoms with Gasteiger partial charge in [0.05, 0.1) is 12.2 Å². The maximum Gasteiger partial charge on any atom is 0.416 e. The van der Waals surface area contributed by atoms with Gasteiger partial charge < -0.3 is 20.6 Å². The van der Waals surface area contributed by atoms with E-state index < -0.39 is 48.5 Å². The lowest BCUT2D eigenvalue weighted by molar-refractivity contribution is -0.201. The summed E-state index contributed by atoms with van der Waals surface area (Å²) in [6.07, 6.45) is -7.64. The second-order valence-corrected chi connectivity index (χ2v) is 7.47. The lowest BCUT2D eigenvalue weighted by atomic mass is 9.95. The van der Waals surface area contributed by atoms with Crippen molar-refractivity contribution in [1.29, 1.82) is 0 Å². The van der Waals surface area contributed by atoms with E-state index in [1.54, 1.807) is 37.4 Å². The Labute approximate surface area is 182 Å². The van der Waals surface area contributed by atoms with Gasteiger partial charge in [-0.1, -0.05) is 42.5 Å². The number of aliphatic hydroxyl groups excluding tert-OH is 1. The Morgan fingerprint density at radius 1 is 1.06 bits per heavy atom. The highest BCUT2D eigenvalue weighted by Crippen LogP contribution is 2.39. The molecule has 1 heterocycles. The lowest BCUT2D eigenvalue weighted by Crippen LogP contribution is -2.47. The van der Waals surface area contributed by atoms with Gasteiger partial charge in [-0.05, 0) is 24.1 Å². The lowest BCUT2D eigenvalue weighted by Gasteiger charge is -2.24. The molecule has 7 nitrogen and oxygen atoms in total. The molecule has 0 aliphatic carbocycles. The molecule has 3 N–H and O–H groups in total. The van der Waals surface area contributed by atoms with Crippen LogP contribution in [-0.2, 0) is 14.4 Å². The van der Waals surface area contributed by atoms with Crippen LogP contribution in [0.3, 0.4) is 0 Å². The van der Waals surface area contributed by atoms with Gasteiger partial charge in [0.15, 0.2) is 6.10 Å². The van der Waals surface area contributed by atoms with Crippen molar-refractivity contribution < 1.29 is 32.7 Å². The second-order valence-electron chi connectivity index (χ2n) is 7.47. The number of halogens is 3. The van der Waals surface area contributed by atoms with Crippen molar-refractivity contribution in [3.63, 3.8) is 0 Å². The summed E-state index contributed by atoms with van der Waals surface area (Å²) in [5.41, 5.74) is 2.70. The Kier molecular flexibility index (Phi) is 6.54. The van der Waals surface area contributed by atoms with Crippen LogP contribution in [0.4, 0.5) is 18.9 Å². The number of alkyl halides is 3. The number of carbonyl (C=O) groups is 3. The quantitative estimate of drug-likeness (QED) is 0.610. The van der Waals surface area contributed by atoms with Gasteiger partial charge in [0.2, 0.25) is 11.8 Å². The van der Waals surface area contributed by atoms with E-state index in [0.717, 1.165) is 11.1 Å². The first-order chi connectivity index (χ1) is 15.0. The Morgan fingerprint density at radius 3 is 2.31 bits per heavy atom. The number of para-hydroxylation sites is 1. The summed E-state index contributed by atoms with van der Waals surface area (Å²) < 4.78 is 37.3. The molecular formula is C22H22F3N3O4. The molecule has 2 aromatic rings. The van der Waals surface area contributed by atoms with Crippen LogP contribution in [0.1, 0.15) is 18.5 Å². The molecule has 3 unspecified atom stereocenters. The van der Waals surface area contributed by atoms with Crippen LogP contribution in [0.5, 0.6) is 0 Å². The van der Waals surface area contributed by atoms with Crippen LogP contribution in [0.15, 0.2) is 48.5 Å². The average molecular weight is 449 g/mol. The SMILES string of the molecule is CC(C(=O)NCC(O)C(F)(F)F)C(=O)NC1C(=O)N(C)c2ccccc2-c2ccccc21. The van der Waals surface area contributed by atoms with Crippen molar-refractivity contribution in [2.75, 3.05) is 18.5 Å². The van der Waals surface area contributed by atoms with E-state index in [2.05, 4.69) is 5.32 Å². The van der Waals surface area contributed by atoms with Crippen LogP contribution in [-0.4, -0.2) is 48.7 Å². The third kappa shape index (κ3) is 4.59. The third-order valence-corrected chi connectivity index (χ3v) is 5.33. The van der Waals surface area contributed by atoms with E-state index in [1.807, 2.05) is 23.5 Å². The third-order valence-electron chi connectivity index (χ3n) is 5.33. The number of hydrogen-bond acceptors (Lipinski definition) is 4. The van der Waals surface area contributed by atoms with Crippen molar-refractivity contribution in [3.8, 4) is 11.1 Å². The molecule has 0 bridgehead atoms. The van der Waals surface area contributed by atoms with E-state index >= 15 is 0 Å². The predicted octanol–water partition coefficient (Wildman–Crippen LogP) is 2.16. The molecule has 0 fully saturated rings. The normalized spacial score (nSPS) is 17.5. The first-order valence-corrected chi connectivity index (χ1v) is 9.81. The van der Waals surface area contributed by atoms with Crippen molar-refractivity contribution >= 4 is 23.4 Å². The van der Waals surface area contributed by atoms with E-state index in [9.17, 15) is 27.6 Å². The van der Waals surface area contributed by atoms with Gasteiger partial charge in [0.1, 0.15) is 12.0 Å². The molecule has 1 aliphatic heterocycles. The summed E-state index contributed by atoms with van der Waals surface area (Å²) in [6, 6.07) is 13.2. The molecule has 32 heavy (non-hydrogen) atoms. The number of nitrogens with zero attached hydrogens (tertiary/aromatic N) is 1. The van der Waals surface area contributed by atoms with Crippen molar-refractivity contribution in [2.24, 2.45) is 5.92 Å². The first-order valence-electron chi connectivity index (χ1n) is 9.81. The summed E-state index contributed by atoms with van der Waals surface area (Å²) in [7, 11) is 1.57. The Hall–Kier alpha value is -3.40. The fourth-order valence-electron chi connectivity index (χ4n) is 3.43. The van der Waals surface area contributed by atoms with Crippen LogP contribution < -0.4 is 15.5 Å². The summed E-state index contributed by atoms with van der Waals surface area (Å²) in [4.78, 5) is 39.4. The van der Waals surface area contributed by atoms with Crippen LogP contribution in [0.25, 0.3) is 11.1 Å². The van der Waals surface area contributed by atoms with Gasteiger partial charge in [0.25, 0.3) is 5.91 Å². The minimum absolute atomic E-state index is 0.434. The van der Waals surface area contributed by atoms with Gasteiger partial charge in [-0.3, -0.25) is 14.4 Å². The molecule has 10 heteroatoms. The van der Waals surface area contributed by atoms with Crippen LogP contribution >= 0.6 is 0 Å². The maximum absolute atomic E-state index is 13.2. The molecule has 0 saturated carbocycles. The number of rotatable bonds is 5. The highest BCUT2D eigenvalue weighted by Gasteiger charge is 2.39. The average Bonchev–Trinajstić information content (AvgIpc) is 2.86. The molecule has 3 atom stereocenters. The number of carbonyl (C=O) groups excluding carboxylic acids is 3. The van der Waals surface area contributed by atoms with Crippen molar-refractivity contribution in [3.05, 3.63) is 54.1 Å². The van der Waals surface area contributed by atoms with Crippen molar-refractivity contribution in [1.82, 2.24) is 10.6 Å². The molecule has 0 spiro atoms. The van der Waals surface area contributed by atoms with Gasteiger partial charge >= 0.3 is 6.18 Å². The minimum Gasteiger partial charge on any atom is -0.382 e. The monoisotopic (exact) mass is 449 g/mol. The molecule has 1 aliphatic rings. The number of amides is 3. The number of benzene rings is 2. The molecule has 170 valence electrons. The minimum atomic E-state index is -4.89. The summed E-state index contributed by atoms with van der Waals surface area (Å²) in [5, 5.41) is 13.5. The number of hydrogen-bond donors (Lipinski definition) is 3. The standard InChI is InChI=1S/C22H22F3N3O4/c1-12(19(30)26-11-17(29)22(23,24)25)20(31)27-18-15-9-4-3-7-13(15)14-8-5-6-10-16(14)28(2)21(18)32/h3-10,12,17-18,29H,11H2,1-2H3,(H,26,30)(H,27,31). The highest BCUT2D eigenvalue weighted by atomic mass is 19.4. The van der Waals surface area contributed by atoms with E-state index in [-0.39, 0.29) is 0 Å². The zero-order valence-corrected chi connectivity index (χ0v) is 17.3. The number of anilines is 1. The summed E-state index contributed by atoms with van der Waals surface area (Å²) in [6.45, 7) is 0.124. The molecule has 0 radical (unpaired) electrons. The predicted molar refractivity (Wildman–Crippen MR) is 110 cm³/mol. The molecule has 3 amide bonds. The Balaban J connectivity index is 1.81. The van der Waals surface area contributed by atoms with Crippen molar-refractivity contribution in [2.45, 2.75) is 25.2 Å². The molecule has 3 rings (SSSR count). The fourth-order valence-corrected chi connectivity index (χ4v) is 3.43. The van der Waals surface area contributed by atoms with Gasteiger partial charge in [-0.25, -0.2) is 0 Å². The highest BCUT2D eigenvalue weighted by molar-refractivity contribution is 6.07. The largest absolute Gasteiger partial charge is 0.416 e. The Bertz CT molecular complexity index is 1040. The van der Waals surface area contributed by atoms with Gasteiger partial charge in [0, 0.05) is 12.6 Å².